The lowest BCUT2D eigenvalue weighted by Crippen LogP contribution is -2.44. The van der Waals surface area contributed by atoms with E-state index in [0.717, 1.165) is 0 Å². The molecule has 1 aliphatic heterocycles. The number of hydroxylamine groups is 2. The Morgan fingerprint density at radius 3 is 2.76 bits per heavy atom. The fraction of sp³-hybridized carbons (Fsp3) is 0.700. The van der Waals surface area contributed by atoms with Gasteiger partial charge >= 0.3 is 12.4 Å². The van der Waals surface area contributed by atoms with Gasteiger partial charge in [-0.1, -0.05) is 0 Å². The van der Waals surface area contributed by atoms with Crippen LogP contribution in [-0.2, 0) is 24.0 Å². The zero-order valence-corrected chi connectivity index (χ0v) is 9.84. The van der Waals surface area contributed by atoms with E-state index in [2.05, 4.69) is 10.1 Å². The molecule has 1 heterocycles. The summed E-state index contributed by atoms with van der Waals surface area (Å²) in [5.74, 6) is -0.962. The van der Waals surface area contributed by atoms with E-state index in [9.17, 15) is 14.4 Å². The molecule has 96 valence electrons. The van der Waals surface area contributed by atoms with Crippen molar-refractivity contribution in [1.82, 2.24) is 10.4 Å². The van der Waals surface area contributed by atoms with E-state index in [0.29, 0.717) is 19.4 Å². The molecular weight excluding hydrogens is 228 g/mol. The predicted molar refractivity (Wildman–Crippen MR) is 56.4 cm³/mol. The molecule has 1 aliphatic rings. The summed E-state index contributed by atoms with van der Waals surface area (Å²) in [5.41, 5.74) is 0. The number of methoxy groups -OCH3 is 1. The Labute approximate surface area is 99.0 Å². The minimum absolute atomic E-state index is 0.202. The summed E-state index contributed by atoms with van der Waals surface area (Å²) in [6.45, 7) is 2.37. The standard InChI is InChI=1S/C10H16N2O5/c1-7(14)11-5-9-8(10(15)16-2)3-4-12(9)17-6-13/h6,8-9H,3-5H2,1-2H3,(H,11,14). The van der Waals surface area contributed by atoms with Crippen LogP contribution in [-0.4, -0.2) is 49.7 Å². The van der Waals surface area contributed by atoms with Crippen LogP contribution in [0.5, 0.6) is 0 Å². The molecule has 1 fully saturated rings. The van der Waals surface area contributed by atoms with Gasteiger partial charge in [0.1, 0.15) is 0 Å². The van der Waals surface area contributed by atoms with Gasteiger partial charge in [0.05, 0.1) is 19.1 Å². The van der Waals surface area contributed by atoms with Crippen molar-refractivity contribution in [3.8, 4) is 0 Å². The van der Waals surface area contributed by atoms with Gasteiger partial charge < -0.3 is 14.9 Å². The minimum Gasteiger partial charge on any atom is -0.469 e. The van der Waals surface area contributed by atoms with Gasteiger partial charge in [-0.2, -0.15) is 0 Å². The van der Waals surface area contributed by atoms with Crippen LogP contribution in [0.2, 0.25) is 0 Å². The molecule has 2 unspecified atom stereocenters. The lowest BCUT2D eigenvalue weighted by molar-refractivity contribution is -0.181. The van der Waals surface area contributed by atoms with Crippen LogP contribution in [0.1, 0.15) is 13.3 Å². The zero-order chi connectivity index (χ0) is 12.8. The van der Waals surface area contributed by atoms with Gasteiger partial charge in [0.2, 0.25) is 5.91 Å². The van der Waals surface area contributed by atoms with Gasteiger partial charge in [0, 0.05) is 20.0 Å². The molecule has 0 aromatic heterocycles. The van der Waals surface area contributed by atoms with Crippen LogP contribution < -0.4 is 5.32 Å². The number of rotatable bonds is 5. The summed E-state index contributed by atoms with van der Waals surface area (Å²) in [6.07, 6.45) is 0.533. The quantitative estimate of drug-likeness (QED) is 0.497. The van der Waals surface area contributed by atoms with Crippen LogP contribution in [0.3, 0.4) is 0 Å². The van der Waals surface area contributed by atoms with Crippen molar-refractivity contribution in [2.24, 2.45) is 5.92 Å². The monoisotopic (exact) mass is 244 g/mol. The molecule has 0 radical (unpaired) electrons. The first-order chi connectivity index (χ1) is 8.10. The third kappa shape index (κ3) is 3.42. The van der Waals surface area contributed by atoms with Crippen molar-refractivity contribution in [2.75, 3.05) is 20.2 Å². The Bertz CT molecular complexity index is 307. The normalized spacial score (nSPS) is 24.1. The van der Waals surface area contributed by atoms with Gasteiger partial charge in [0.25, 0.3) is 0 Å². The Morgan fingerprint density at radius 2 is 2.24 bits per heavy atom. The fourth-order valence-electron chi connectivity index (χ4n) is 1.93. The molecule has 0 spiro atoms. The average molecular weight is 244 g/mol. The van der Waals surface area contributed by atoms with Crippen LogP contribution in [0.15, 0.2) is 0 Å². The number of amides is 1. The molecule has 0 bridgehead atoms. The maximum Gasteiger partial charge on any atom is 0.313 e. The van der Waals surface area contributed by atoms with E-state index in [1.54, 1.807) is 0 Å². The van der Waals surface area contributed by atoms with Crippen molar-refractivity contribution in [1.29, 1.82) is 0 Å². The summed E-state index contributed by atoms with van der Waals surface area (Å²) < 4.78 is 4.68. The lowest BCUT2D eigenvalue weighted by Gasteiger charge is -2.24. The highest BCUT2D eigenvalue weighted by Crippen LogP contribution is 2.25. The minimum atomic E-state index is -0.396. The lowest BCUT2D eigenvalue weighted by atomic mass is 10.0. The first-order valence-electron chi connectivity index (χ1n) is 5.29. The number of carbonyl (C=O) groups excluding carboxylic acids is 3. The van der Waals surface area contributed by atoms with Crippen LogP contribution >= 0.6 is 0 Å². The van der Waals surface area contributed by atoms with Gasteiger partial charge in [0.15, 0.2) is 0 Å². The molecule has 7 nitrogen and oxygen atoms in total. The Hall–Kier alpha value is -1.63. The number of hydrogen-bond donors (Lipinski definition) is 1. The molecule has 7 heteroatoms. The van der Waals surface area contributed by atoms with E-state index >= 15 is 0 Å². The van der Waals surface area contributed by atoms with Gasteiger partial charge in [-0.05, 0) is 6.42 Å². The van der Waals surface area contributed by atoms with Crippen molar-refractivity contribution >= 4 is 18.3 Å². The van der Waals surface area contributed by atoms with E-state index in [-0.39, 0.29) is 24.5 Å². The fourth-order valence-corrected chi connectivity index (χ4v) is 1.93. The molecule has 0 aromatic rings. The number of nitrogens with one attached hydrogen (secondary N) is 1. The third-order valence-electron chi connectivity index (χ3n) is 2.74. The van der Waals surface area contributed by atoms with E-state index in [4.69, 9.17) is 4.84 Å². The van der Waals surface area contributed by atoms with Gasteiger partial charge in [-0.3, -0.25) is 14.4 Å². The van der Waals surface area contributed by atoms with E-state index in [1.807, 2.05) is 0 Å². The maximum atomic E-state index is 11.5. The highest BCUT2D eigenvalue weighted by molar-refractivity contribution is 5.75. The van der Waals surface area contributed by atoms with Crippen LogP contribution in [0.4, 0.5) is 0 Å². The van der Waals surface area contributed by atoms with Crippen molar-refractivity contribution < 1.29 is 24.0 Å². The number of nitrogens with zero attached hydrogens (tertiary/aromatic N) is 1. The number of carbonyl (C=O) groups is 3. The average Bonchev–Trinajstić information content (AvgIpc) is 2.69. The largest absolute Gasteiger partial charge is 0.469 e. The number of hydrogen-bond acceptors (Lipinski definition) is 6. The maximum absolute atomic E-state index is 11.5. The molecule has 0 aliphatic carbocycles. The molecule has 2 atom stereocenters. The molecule has 0 aromatic carbocycles. The molecule has 1 saturated heterocycles. The second-order valence-electron chi connectivity index (χ2n) is 3.77. The SMILES string of the molecule is COC(=O)C1CCN(OC=O)C1CNC(C)=O. The van der Waals surface area contributed by atoms with E-state index < -0.39 is 5.92 Å². The van der Waals surface area contributed by atoms with Crippen LogP contribution in [0, 0.1) is 5.92 Å². The van der Waals surface area contributed by atoms with Gasteiger partial charge in [-0.15, -0.1) is 5.06 Å². The summed E-state index contributed by atoms with van der Waals surface area (Å²) in [7, 11) is 1.31. The molecule has 1 N–H and O–H groups in total. The highest BCUT2D eigenvalue weighted by Gasteiger charge is 2.40. The molecule has 0 saturated carbocycles. The Kier molecular flexibility index (Phi) is 4.89. The second-order valence-corrected chi connectivity index (χ2v) is 3.77. The first-order valence-corrected chi connectivity index (χ1v) is 5.29. The Balaban J connectivity index is 2.67. The highest BCUT2D eigenvalue weighted by atomic mass is 16.7. The van der Waals surface area contributed by atoms with E-state index in [1.165, 1.54) is 19.1 Å². The topological polar surface area (TPSA) is 84.9 Å². The van der Waals surface area contributed by atoms with Crippen molar-refractivity contribution in [2.45, 2.75) is 19.4 Å². The van der Waals surface area contributed by atoms with Crippen molar-refractivity contribution in [3.05, 3.63) is 0 Å². The van der Waals surface area contributed by atoms with Gasteiger partial charge in [-0.25, -0.2) is 0 Å². The summed E-state index contributed by atoms with van der Waals surface area (Å²) in [4.78, 5) is 37.5. The molecule has 17 heavy (non-hydrogen) atoms. The number of ether oxygens (including phenoxy) is 1. The predicted octanol–water partition coefficient (Wildman–Crippen LogP) is -0.926. The Morgan fingerprint density at radius 1 is 1.53 bits per heavy atom. The molecular formula is C10H16N2O5. The molecule has 1 rings (SSSR count). The first kappa shape index (κ1) is 13.4. The molecule has 1 amide bonds. The third-order valence-corrected chi connectivity index (χ3v) is 2.74. The summed E-state index contributed by atoms with van der Waals surface area (Å²) in [5, 5.41) is 3.99. The summed E-state index contributed by atoms with van der Waals surface area (Å²) in [6, 6.07) is -0.378. The van der Waals surface area contributed by atoms with Crippen molar-refractivity contribution in [3.63, 3.8) is 0 Å². The second kappa shape index (κ2) is 6.19. The number of esters is 1. The summed E-state index contributed by atoms with van der Waals surface area (Å²) >= 11 is 0. The van der Waals surface area contributed by atoms with Crippen LogP contribution in [0.25, 0.3) is 0 Å². The zero-order valence-electron chi connectivity index (χ0n) is 9.84. The smallest absolute Gasteiger partial charge is 0.313 e.